The molecule has 1 aromatic heterocycles. The molecule has 84 valence electrons. The van der Waals surface area contributed by atoms with Crippen LogP contribution in [0, 0.1) is 0 Å². The Labute approximate surface area is 89.7 Å². The summed E-state index contributed by atoms with van der Waals surface area (Å²) in [7, 11) is 0. The van der Waals surface area contributed by atoms with Gasteiger partial charge in [0, 0.05) is 18.5 Å². The number of nitrogens with zero attached hydrogens (tertiary/aromatic N) is 2. The molecule has 1 heterocycles. The van der Waals surface area contributed by atoms with Crippen LogP contribution in [-0.2, 0) is 6.54 Å². The zero-order valence-electron chi connectivity index (χ0n) is 9.66. The van der Waals surface area contributed by atoms with E-state index in [4.69, 9.17) is 5.73 Å². The van der Waals surface area contributed by atoms with Crippen LogP contribution < -0.4 is 11.3 Å². The molecule has 0 aliphatic heterocycles. The molecule has 0 spiro atoms. The number of aromatic nitrogens is 2. The SMILES string of the molecule is CCn1c(C2CC2)c(N)c(=O)n1C(C)C. The first-order chi connectivity index (χ1) is 7.07. The van der Waals surface area contributed by atoms with Crippen molar-refractivity contribution in [2.45, 2.75) is 52.1 Å². The van der Waals surface area contributed by atoms with Gasteiger partial charge in [0.15, 0.2) is 0 Å². The molecule has 2 rings (SSSR count). The fraction of sp³-hybridized carbons (Fsp3) is 0.727. The van der Waals surface area contributed by atoms with E-state index in [9.17, 15) is 4.79 Å². The molecular formula is C11H19N3O. The van der Waals surface area contributed by atoms with Gasteiger partial charge in [0.25, 0.3) is 5.56 Å². The highest BCUT2D eigenvalue weighted by atomic mass is 16.1. The fourth-order valence-electron chi connectivity index (χ4n) is 2.22. The van der Waals surface area contributed by atoms with Gasteiger partial charge < -0.3 is 5.73 Å². The lowest BCUT2D eigenvalue weighted by Crippen LogP contribution is -2.25. The minimum atomic E-state index is -0.0197. The lowest BCUT2D eigenvalue weighted by molar-refractivity contribution is 0.400. The van der Waals surface area contributed by atoms with Crippen molar-refractivity contribution in [3.8, 4) is 0 Å². The average Bonchev–Trinajstić information content (AvgIpc) is 2.96. The third kappa shape index (κ3) is 1.48. The second kappa shape index (κ2) is 3.43. The van der Waals surface area contributed by atoms with E-state index >= 15 is 0 Å². The molecule has 1 saturated carbocycles. The number of nitrogen functional groups attached to an aromatic ring is 1. The van der Waals surface area contributed by atoms with Crippen LogP contribution >= 0.6 is 0 Å². The zero-order chi connectivity index (χ0) is 11.2. The van der Waals surface area contributed by atoms with Gasteiger partial charge in [-0.25, -0.2) is 4.68 Å². The number of hydrogen-bond donors (Lipinski definition) is 1. The van der Waals surface area contributed by atoms with Crippen LogP contribution in [0.25, 0.3) is 0 Å². The maximum atomic E-state index is 12.0. The van der Waals surface area contributed by atoms with Gasteiger partial charge in [0.2, 0.25) is 0 Å². The van der Waals surface area contributed by atoms with Gasteiger partial charge in [-0.05, 0) is 33.6 Å². The highest BCUT2D eigenvalue weighted by Gasteiger charge is 2.32. The second-order valence-corrected chi connectivity index (χ2v) is 4.53. The molecule has 0 radical (unpaired) electrons. The summed E-state index contributed by atoms with van der Waals surface area (Å²) in [5.41, 5.74) is 7.42. The maximum Gasteiger partial charge on any atom is 0.290 e. The summed E-state index contributed by atoms with van der Waals surface area (Å²) >= 11 is 0. The van der Waals surface area contributed by atoms with E-state index in [1.54, 1.807) is 4.68 Å². The monoisotopic (exact) mass is 209 g/mol. The third-order valence-corrected chi connectivity index (χ3v) is 3.01. The van der Waals surface area contributed by atoms with E-state index in [0.717, 1.165) is 12.2 Å². The van der Waals surface area contributed by atoms with Crippen LogP contribution in [0.2, 0.25) is 0 Å². The summed E-state index contributed by atoms with van der Waals surface area (Å²) in [5.74, 6) is 0.526. The van der Waals surface area contributed by atoms with Crippen LogP contribution in [0.1, 0.15) is 51.3 Å². The first-order valence-electron chi connectivity index (χ1n) is 5.68. The Bertz CT molecular complexity index is 424. The number of nitrogens with two attached hydrogens (primary N) is 1. The van der Waals surface area contributed by atoms with Gasteiger partial charge in [0.1, 0.15) is 5.69 Å². The molecule has 1 fully saturated rings. The van der Waals surface area contributed by atoms with E-state index in [2.05, 4.69) is 11.6 Å². The zero-order valence-corrected chi connectivity index (χ0v) is 9.66. The van der Waals surface area contributed by atoms with Gasteiger partial charge in [-0.15, -0.1) is 0 Å². The van der Waals surface area contributed by atoms with Crippen LogP contribution in [0.15, 0.2) is 4.79 Å². The van der Waals surface area contributed by atoms with Crippen molar-refractivity contribution in [3.05, 3.63) is 16.0 Å². The minimum Gasteiger partial charge on any atom is -0.393 e. The quantitative estimate of drug-likeness (QED) is 0.824. The van der Waals surface area contributed by atoms with Crippen LogP contribution in [0.4, 0.5) is 5.69 Å². The first kappa shape index (κ1) is 10.3. The smallest absolute Gasteiger partial charge is 0.290 e. The van der Waals surface area contributed by atoms with Crippen molar-refractivity contribution in [2.24, 2.45) is 0 Å². The molecule has 1 aliphatic carbocycles. The number of anilines is 1. The minimum absolute atomic E-state index is 0.0197. The van der Waals surface area contributed by atoms with Crippen molar-refractivity contribution < 1.29 is 0 Å². The third-order valence-electron chi connectivity index (χ3n) is 3.01. The Balaban J connectivity index is 2.64. The van der Waals surface area contributed by atoms with Crippen molar-refractivity contribution >= 4 is 5.69 Å². The van der Waals surface area contributed by atoms with E-state index in [1.807, 2.05) is 13.8 Å². The Kier molecular flexibility index (Phi) is 2.37. The van der Waals surface area contributed by atoms with Crippen molar-refractivity contribution in [1.29, 1.82) is 0 Å². The van der Waals surface area contributed by atoms with Crippen molar-refractivity contribution in [3.63, 3.8) is 0 Å². The lowest BCUT2D eigenvalue weighted by Gasteiger charge is -2.15. The summed E-state index contributed by atoms with van der Waals surface area (Å²) in [5, 5.41) is 0. The molecule has 0 unspecified atom stereocenters. The number of rotatable bonds is 3. The largest absolute Gasteiger partial charge is 0.393 e. The molecule has 4 nitrogen and oxygen atoms in total. The molecular weight excluding hydrogens is 190 g/mol. The van der Waals surface area contributed by atoms with Gasteiger partial charge in [-0.1, -0.05) is 0 Å². The topological polar surface area (TPSA) is 52.9 Å². The molecule has 1 aromatic rings. The fourth-order valence-corrected chi connectivity index (χ4v) is 2.22. The van der Waals surface area contributed by atoms with Gasteiger partial charge >= 0.3 is 0 Å². The van der Waals surface area contributed by atoms with E-state index in [0.29, 0.717) is 11.6 Å². The average molecular weight is 209 g/mol. The van der Waals surface area contributed by atoms with Crippen LogP contribution in [0.3, 0.4) is 0 Å². The normalized spacial score (nSPS) is 16.3. The summed E-state index contributed by atoms with van der Waals surface area (Å²) in [6, 6.07) is 0.173. The Hall–Kier alpha value is -1.19. The van der Waals surface area contributed by atoms with Crippen molar-refractivity contribution in [1.82, 2.24) is 9.36 Å². The Morgan fingerprint density at radius 3 is 2.47 bits per heavy atom. The molecule has 1 aliphatic rings. The second-order valence-electron chi connectivity index (χ2n) is 4.53. The van der Waals surface area contributed by atoms with E-state index in [1.165, 1.54) is 12.8 Å². The Morgan fingerprint density at radius 1 is 1.47 bits per heavy atom. The maximum absolute atomic E-state index is 12.0. The highest BCUT2D eigenvalue weighted by Crippen LogP contribution is 2.42. The first-order valence-corrected chi connectivity index (χ1v) is 5.68. The predicted octanol–water partition coefficient (Wildman–Crippen LogP) is 1.71. The van der Waals surface area contributed by atoms with Crippen LogP contribution in [-0.4, -0.2) is 9.36 Å². The van der Waals surface area contributed by atoms with Gasteiger partial charge in [-0.3, -0.25) is 9.48 Å². The summed E-state index contributed by atoms with van der Waals surface area (Å²) < 4.78 is 3.84. The van der Waals surface area contributed by atoms with Crippen LogP contribution in [0.5, 0.6) is 0 Å². The molecule has 15 heavy (non-hydrogen) atoms. The Morgan fingerprint density at radius 2 is 2.07 bits per heavy atom. The molecule has 2 N–H and O–H groups in total. The summed E-state index contributed by atoms with van der Waals surface area (Å²) in [4.78, 5) is 12.0. The van der Waals surface area contributed by atoms with Gasteiger partial charge in [-0.2, -0.15) is 0 Å². The van der Waals surface area contributed by atoms with E-state index in [-0.39, 0.29) is 11.6 Å². The molecule has 0 bridgehead atoms. The standard InChI is InChI=1S/C11H19N3O/c1-4-13-10(8-5-6-8)9(12)11(15)14(13)7(2)3/h7-8H,4-6,12H2,1-3H3. The summed E-state index contributed by atoms with van der Waals surface area (Å²) in [6.45, 7) is 6.91. The molecule has 4 heteroatoms. The highest BCUT2D eigenvalue weighted by molar-refractivity contribution is 5.45. The molecule has 0 aromatic carbocycles. The predicted molar refractivity (Wildman–Crippen MR) is 61.1 cm³/mol. The lowest BCUT2D eigenvalue weighted by atomic mass is 10.2. The number of hydrogen-bond acceptors (Lipinski definition) is 2. The van der Waals surface area contributed by atoms with Crippen molar-refractivity contribution in [2.75, 3.05) is 5.73 Å². The molecule has 0 atom stereocenters. The van der Waals surface area contributed by atoms with E-state index < -0.39 is 0 Å². The van der Waals surface area contributed by atoms with Gasteiger partial charge in [0.05, 0.1) is 5.69 Å². The summed E-state index contributed by atoms with van der Waals surface area (Å²) in [6.07, 6.45) is 2.34. The molecule has 0 saturated heterocycles. The molecule has 0 amide bonds.